The zero-order valence-electron chi connectivity index (χ0n) is 14.6. The van der Waals surface area contributed by atoms with Crippen LogP contribution in [0.2, 0.25) is 0 Å². The van der Waals surface area contributed by atoms with Gasteiger partial charge in [0.2, 0.25) is 0 Å². The molecule has 0 aromatic heterocycles. The van der Waals surface area contributed by atoms with Crippen LogP contribution < -0.4 is 14.2 Å². The van der Waals surface area contributed by atoms with Crippen molar-refractivity contribution in [1.82, 2.24) is 0 Å². The molecule has 0 amide bonds. The average Bonchev–Trinajstić information content (AvgIpc) is 2.68. The van der Waals surface area contributed by atoms with Gasteiger partial charge in [-0.2, -0.15) is 0 Å². The van der Waals surface area contributed by atoms with E-state index in [0.29, 0.717) is 0 Å². The van der Waals surface area contributed by atoms with Crippen molar-refractivity contribution in [2.24, 2.45) is 0 Å². The smallest absolute Gasteiger partial charge is 0.157 e. The molecule has 1 aliphatic heterocycles. The summed E-state index contributed by atoms with van der Waals surface area (Å²) in [6, 6.07) is 22.4. The Labute approximate surface area is 147 Å². The molecule has 3 nitrogen and oxygen atoms in total. The highest BCUT2D eigenvalue weighted by atomic mass is 16.5. The van der Waals surface area contributed by atoms with Crippen molar-refractivity contribution >= 4 is 0 Å². The molecule has 1 unspecified atom stereocenters. The van der Waals surface area contributed by atoms with Crippen molar-refractivity contribution in [3.05, 3.63) is 77.9 Å². The van der Waals surface area contributed by atoms with E-state index < -0.39 is 5.60 Å². The Bertz CT molecular complexity index is 918. The lowest BCUT2D eigenvalue weighted by Crippen LogP contribution is -2.34. The van der Waals surface area contributed by atoms with Crippen molar-refractivity contribution in [3.8, 4) is 28.4 Å². The normalized spacial score (nSPS) is 17.9. The summed E-state index contributed by atoms with van der Waals surface area (Å²) in [6.45, 7) is 2.10. The number of fused-ring (bicyclic) bond motifs is 3. The first-order valence-electron chi connectivity index (χ1n) is 8.27. The molecule has 0 spiro atoms. The number of methoxy groups -OCH3 is 2. The topological polar surface area (TPSA) is 27.7 Å². The summed E-state index contributed by atoms with van der Waals surface area (Å²) in [7, 11) is 3.35. The number of hydrogen-bond acceptors (Lipinski definition) is 3. The SMILES string of the molecule is COc1ccc2c(c1)OC(C)(c1ccccc1)c1cc(OC)ccc1-2. The number of rotatable bonds is 3. The van der Waals surface area contributed by atoms with Crippen LogP contribution in [0.3, 0.4) is 0 Å². The van der Waals surface area contributed by atoms with Crippen molar-refractivity contribution < 1.29 is 14.2 Å². The third-order valence-corrected chi connectivity index (χ3v) is 4.86. The van der Waals surface area contributed by atoms with Gasteiger partial charge in [-0.25, -0.2) is 0 Å². The quantitative estimate of drug-likeness (QED) is 0.673. The Hall–Kier alpha value is -2.94. The van der Waals surface area contributed by atoms with Gasteiger partial charge in [0.05, 0.1) is 14.2 Å². The molecule has 25 heavy (non-hydrogen) atoms. The lowest BCUT2D eigenvalue weighted by Gasteiger charge is -2.38. The van der Waals surface area contributed by atoms with Crippen LogP contribution >= 0.6 is 0 Å². The van der Waals surface area contributed by atoms with Crippen LogP contribution in [0, 0.1) is 0 Å². The van der Waals surface area contributed by atoms with Crippen molar-refractivity contribution in [2.45, 2.75) is 12.5 Å². The second-order valence-electron chi connectivity index (χ2n) is 6.27. The fourth-order valence-electron chi connectivity index (χ4n) is 3.46. The lowest BCUT2D eigenvalue weighted by atomic mass is 9.80. The highest BCUT2D eigenvalue weighted by molar-refractivity contribution is 5.79. The molecule has 0 aliphatic carbocycles. The molecule has 0 bridgehead atoms. The summed E-state index contributed by atoms with van der Waals surface area (Å²) in [5, 5.41) is 0. The fourth-order valence-corrected chi connectivity index (χ4v) is 3.46. The zero-order valence-corrected chi connectivity index (χ0v) is 14.6. The molecule has 126 valence electrons. The van der Waals surface area contributed by atoms with Gasteiger partial charge in [-0.1, -0.05) is 36.4 Å². The second-order valence-corrected chi connectivity index (χ2v) is 6.27. The standard InChI is InChI=1S/C22H20O3/c1-22(15-7-5-4-6-8-15)20-13-16(23-2)9-11-18(20)19-12-10-17(24-3)14-21(19)25-22/h4-14H,1-3H3. The molecular weight excluding hydrogens is 312 g/mol. The highest BCUT2D eigenvalue weighted by Gasteiger charge is 2.38. The highest BCUT2D eigenvalue weighted by Crippen LogP contribution is 2.49. The van der Waals surface area contributed by atoms with Crippen LogP contribution in [0.15, 0.2) is 66.7 Å². The van der Waals surface area contributed by atoms with Gasteiger partial charge in [0.25, 0.3) is 0 Å². The largest absolute Gasteiger partial charge is 0.497 e. The molecule has 0 N–H and O–H groups in total. The molecule has 4 rings (SSSR count). The maximum Gasteiger partial charge on any atom is 0.157 e. The molecule has 3 aromatic rings. The van der Waals surface area contributed by atoms with Gasteiger partial charge >= 0.3 is 0 Å². The van der Waals surface area contributed by atoms with Crippen LogP contribution in [0.5, 0.6) is 17.2 Å². The monoisotopic (exact) mass is 332 g/mol. The molecule has 3 aromatic carbocycles. The Morgan fingerprint density at radius 2 is 1.40 bits per heavy atom. The Morgan fingerprint density at radius 3 is 2.08 bits per heavy atom. The van der Waals surface area contributed by atoms with Crippen molar-refractivity contribution in [3.63, 3.8) is 0 Å². The predicted molar refractivity (Wildman–Crippen MR) is 98.5 cm³/mol. The van der Waals surface area contributed by atoms with Crippen LogP contribution in [0.4, 0.5) is 0 Å². The van der Waals surface area contributed by atoms with Gasteiger partial charge in [0.15, 0.2) is 5.60 Å². The van der Waals surface area contributed by atoms with Gasteiger partial charge in [0, 0.05) is 17.2 Å². The van der Waals surface area contributed by atoms with Gasteiger partial charge in [-0.3, -0.25) is 0 Å². The van der Waals surface area contributed by atoms with Crippen LogP contribution in [0.25, 0.3) is 11.1 Å². The first kappa shape index (κ1) is 15.6. The van der Waals surface area contributed by atoms with Gasteiger partial charge in [-0.15, -0.1) is 0 Å². The maximum atomic E-state index is 6.54. The third kappa shape index (κ3) is 2.43. The Morgan fingerprint density at radius 1 is 0.760 bits per heavy atom. The van der Waals surface area contributed by atoms with Crippen LogP contribution in [-0.2, 0) is 5.60 Å². The number of benzene rings is 3. The zero-order chi connectivity index (χ0) is 17.4. The van der Waals surface area contributed by atoms with Gasteiger partial charge in [0.1, 0.15) is 17.2 Å². The molecular formula is C22H20O3. The summed E-state index contributed by atoms with van der Waals surface area (Å²) in [5.41, 5.74) is 3.79. The molecule has 1 heterocycles. The summed E-state index contributed by atoms with van der Waals surface area (Å²) in [5.74, 6) is 2.43. The molecule has 0 saturated heterocycles. The minimum Gasteiger partial charge on any atom is -0.497 e. The van der Waals surface area contributed by atoms with E-state index in [2.05, 4.69) is 31.2 Å². The van der Waals surface area contributed by atoms with Gasteiger partial charge < -0.3 is 14.2 Å². The molecule has 0 fully saturated rings. The lowest BCUT2D eigenvalue weighted by molar-refractivity contribution is 0.128. The van der Waals surface area contributed by atoms with Crippen molar-refractivity contribution in [2.75, 3.05) is 14.2 Å². The van der Waals surface area contributed by atoms with Crippen molar-refractivity contribution in [1.29, 1.82) is 0 Å². The molecule has 0 saturated carbocycles. The number of ether oxygens (including phenoxy) is 3. The van der Waals surface area contributed by atoms with E-state index in [-0.39, 0.29) is 0 Å². The van der Waals surface area contributed by atoms with E-state index in [0.717, 1.165) is 39.5 Å². The molecule has 1 aliphatic rings. The number of hydrogen-bond donors (Lipinski definition) is 0. The maximum absolute atomic E-state index is 6.54. The first-order chi connectivity index (χ1) is 12.2. The molecule has 3 heteroatoms. The fraction of sp³-hybridized carbons (Fsp3) is 0.182. The van der Waals surface area contributed by atoms with E-state index in [9.17, 15) is 0 Å². The van der Waals surface area contributed by atoms with Crippen LogP contribution in [-0.4, -0.2) is 14.2 Å². The minimum atomic E-state index is -0.607. The van der Waals surface area contributed by atoms with E-state index in [1.54, 1.807) is 14.2 Å². The van der Waals surface area contributed by atoms with Crippen LogP contribution in [0.1, 0.15) is 18.1 Å². The van der Waals surface area contributed by atoms with E-state index in [1.165, 1.54) is 0 Å². The second kappa shape index (κ2) is 5.85. The summed E-state index contributed by atoms with van der Waals surface area (Å²) in [6.07, 6.45) is 0. The summed E-state index contributed by atoms with van der Waals surface area (Å²) >= 11 is 0. The van der Waals surface area contributed by atoms with E-state index in [1.807, 2.05) is 42.5 Å². The molecule has 0 radical (unpaired) electrons. The first-order valence-corrected chi connectivity index (χ1v) is 8.27. The van der Waals surface area contributed by atoms with Gasteiger partial charge in [-0.05, 0) is 42.3 Å². The summed E-state index contributed by atoms with van der Waals surface area (Å²) < 4.78 is 17.4. The summed E-state index contributed by atoms with van der Waals surface area (Å²) in [4.78, 5) is 0. The minimum absolute atomic E-state index is 0.607. The average molecular weight is 332 g/mol. The third-order valence-electron chi connectivity index (χ3n) is 4.86. The Kier molecular flexibility index (Phi) is 3.65. The van der Waals surface area contributed by atoms with E-state index >= 15 is 0 Å². The Balaban J connectivity index is 1.99. The van der Waals surface area contributed by atoms with E-state index in [4.69, 9.17) is 14.2 Å². The molecule has 1 atom stereocenters. The predicted octanol–water partition coefficient (Wildman–Crippen LogP) is 5.03.